The third-order valence-electron chi connectivity index (χ3n) is 3.82. The molecule has 5 heteroatoms. The first-order chi connectivity index (χ1) is 11.6. The third kappa shape index (κ3) is 3.06. The molecule has 2 aromatic carbocycles. The van der Waals surface area contributed by atoms with Crippen LogP contribution < -0.4 is 9.64 Å². The Labute approximate surface area is 139 Å². The summed E-state index contributed by atoms with van der Waals surface area (Å²) in [5, 5.41) is 0. The van der Waals surface area contributed by atoms with E-state index in [4.69, 9.17) is 4.74 Å². The Hall–Kier alpha value is -2.95. The highest BCUT2D eigenvalue weighted by molar-refractivity contribution is 6.24. The fourth-order valence-electron chi connectivity index (χ4n) is 2.67. The first-order valence-corrected chi connectivity index (χ1v) is 7.86. The summed E-state index contributed by atoms with van der Waals surface area (Å²) in [6.45, 7) is 1.90. The molecule has 24 heavy (non-hydrogen) atoms. The van der Waals surface area contributed by atoms with Crippen molar-refractivity contribution in [3.05, 3.63) is 59.7 Å². The number of nitrogens with zero attached hydrogens (tertiary/aromatic N) is 1. The van der Waals surface area contributed by atoms with Crippen molar-refractivity contribution in [2.45, 2.75) is 26.2 Å². The van der Waals surface area contributed by atoms with Crippen molar-refractivity contribution < 1.29 is 19.1 Å². The number of imide groups is 1. The maximum Gasteiger partial charge on any atom is 0.311 e. The summed E-state index contributed by atoms with van der Waals surface area (Å²) in [6.07, 6.45) is 1.25. The molecular formula is C19H17NO4. The van der Waals surface area contributed by atoms with Crippen LogP contribution in [0.5, 0.6) is 5.75 Å². The number of carbonyl (C=O) groups excluding carboxylic acids is 3. The van der Waals surface area contributed by atoms with Crippen LogP contribution in [0.2, 0.25) is 0 Å². The molecule has 0 unspecified atom stereocenters. The van der Waals surface area contributed by atoms with E-state index in [0.29, 0.717) is 29.8 Å². The van der Waals surface area contributed by atoms with E-state index in [2.05, 4.69) is 0 Å². The number of hydrogen-bond acceptors (Lipinski definition) is 4. The summed E-state index contributed by atoms with van der Waals surface area (Å²) in [6, 6.07) is 13.5. The van der Waals surface area contributed by atoms with Gasteiger partial charge >= 0.3 is 5.97 Å². The second-order valence-electron chi connectivity index (χ2n) is 5.59. The summed E-state index contributed by atoms with van der Waals surface area (Å²) in [5.41, 5.74) is 1.75. The number of benzene rings is 2. The van der Waals surface area contributed by atoms with Crippen molar-refractivity contribution in [2.75, 3.05) is 4.90 Å². The van der Waals surface area contributed by atoms with Crippen molar-refractivity contribution in [3.63, 3.8) is 0 Å². The van der Waals surface area contributed by atoms with Crippen molar-refractivity contribution in [2.24, 2.45) is 0 Å². The zero-order valence-corrected chi connectivity index (χ0v) is 13.3. The number of amides is 2. The highest BCUT2D eigenvalue weighted by atomic mass is 16.5. The fourth-order valence-corrected chi connectivity index (χ4v) is 2.67. The zero-order valence-electron chi connectivity index (χ0n) is 13.3. The second-order valence-corrected chi connectivity index (χ2v) is 5.59. The molecule has 2 amide bonds. The smallest absolute Gasteiger partial charge is 0.311 e. The van der Waals surface area contributed by atoms with Gasteiger partial charge in [0, 0.05) is 12.0 Å². The second kappa shape index (κ2) is 6.66. The Balaban J connectivity index is 1.83. The van der Waals surface area contributed by atoms with Gasteiger partial charge in [-0.2, -0.15) is 0 Å². The molecule has 3 rings (SSSR count). The summed E-state index contributed by atoms with van der Waals surface area (Å²) in [5.74, 6) is -0.509. The van der Waals surface area contributed by atoms with Crippen LogP contribution in [-0.4, -0.2) is 17.8 Å². The lowest BCUT2D eigenvalue weighted by Gasteiger charge is -2.26. The molecule has 1 aliphatic heterocycles. The van der Waals surface area contributed by atoms with Gasteiger partial charge in [-0.1, -0.05) is 25.1 Å². The Morgan fingerprint density at radius 1 is 1.08 bits per heavy atom. The van der Waals surface area contributed by atoms with E-state index < -0.39 is 0 Å². The minimum absolute atomic E-state index is 0.190. The van der Waals surface area contributed by atoms with Crippen LogP contribution >= 0.6 is 0 Å². The Morgan fingerprint density at radius 3 is 2.50 bits per heavy atom. The molecule has 1 heterocycles. The van der Waals surface area contributed by atoms with Gasteiger partial charge in [0.2, 0.25) is 5.91 Å². The standard InChI is InChI=1S/C19H17NO4/c1-2-5-18(22)24-15-10-8-14(9-11-15)20-17(21)12-13-6-3-4-7-16(13)19(20)23/h3-4,6-11H,2,5,12H2,1H3. The van der Waals surface area contributed by atoms with Crippen LogP contribution in [0.25, 0.3) is 0 Å². The monoisotopic (exact) mass is 323 g/mol. The largest absolute Gasteiger partial charge is 0.427 e. The van der Waals surface area contributed by atoms with Crippen molar-refractivity contribution >= 4 is 23.5 Å². The van der Waals surface area contributed by atoms with Gasteiger partial charge in [-0.25, -0.2) is 4.90 Å². The van der Waals surface area contributed by atoms with E-state index in [1.807, 2.05) is 13.0 Å². The van der Waals surface area contributed by atoms with Gasteiger partial charge in [-0.3, -0.25) is 14.4 Å². The minimum Gasteiger partial charge on any atom is -0.427 e. The van der Waals surface area contributed by atoms with Gasteiger partial charge in [0.05, 0.1) is 12.1 Å². The number of hydrogen-bond donors (Lipinski definition) is 0. The molecule has 0 spiro atoms. The molecule has 1 aliphatic rings. The Kier molecular flexibility index (Phi) is 4.42. The number of esters is 1. The number of anilines is 1. The van der Waals surface area contributed by atoms with Gasteiger partial charge in [0.1, 0.15) is 5.75 Å². The molecule has 0 radical (unpaired) electrons. The number of fused-ring (bicyclic) bond motifs is 1. The van der Waals surface area contributed by atoms with Gasteiger partial charge in [0.25, 0.3) is 5.91 Å². The topological polar surface area (TPSA) is 63.7 Å². The molecule has 5 nitrogen and oxygen atoms in total. The molecule has 2 aromatic rings. The molecule has 0 saturated heterocycles. The van der Waals surface area contributed by atoms with E-state index >= 15 is 0 Å². The summed E-state index contributed by atoms with van der Waals surface area (Å²) in [4.78, 5) is 37.6. The lowest BCUT2D eigenvalue weighted by atomic mass is 9.98. The lowest BCUT2D eigenvalue weighted by Crippen LogP contribution is -2.42. The Bertz CT molecular complexity index is 795. The average Bonchev–Trinajstić information content (AvgIpc) is 2.56. The number of rotatable bonds is 4. The van der Waals surface area contributed by atoms with Crippen LogP contribution in [0.15, 0.2) is 48.5 Å². The maximum atomic E-state index is 12.6. The molecule has 0 saturated carbocycles. The van der Waals surface area contributed by atoms with E-state index in [9.17, 15) is 14.4 Å². The molecule has 0 aromatic heterocycles. The highest BCUT2D eigenvalue weighted by Crippen LogP contribution is 2.27. The number of carbonyl (C=O) groups is 3. The molecule has 0 bridgehead atoms. The van der Waals surface area contributed by atoms with Gasteiger partial charge in [-0.15, -0.1) is 0 Å². The van der Waals surface area contributed by atoms with Crippen LogP contribution in [0.4, 0.5) is 5.69 Å². The van der Waals surface area contributed by atoms with Gasteiger partial charge in [-0.05, 0) is 42.3 Å². The zero-order chi connectivity index (χ0) is 17.1. The highest BCUT2D eigenvalue weighted by Gasteiger charge is 2.31. The third-order valence-corrected chi connectivity index (χ3v) is 3.82. The van der Waals surface area contributed by atoms with Crippen molar-refractivity contribution in [1.29, 1.82) is 0 Å². The van der Waals surface area contributed by atoms with E-state index in [1.165, 1.54) is 4.90 Å². The van der Waals surface area contributed by atoms with Gasteiger partial charge < -0.3 is 4.74 Å². The SMILES string of the molecule is CCCC(=O)Oc1ccc(N2C(=O)Cc3ccccc3C2=O)cc1. The molecule has 122 valence electrons. The predicted octanol–water partition coefficient (Wildman–Crippen LogP) is 3.12. The first-order valence-electron chi connectivity index (χ1n) is 7.86. The first kappa shape index (κ1) is 15.9. The Morgan fingerprint density at radius 2 is 1.79 bits per heavy atom. The minimum atomic E-state index is -0.336. The van der Waals surface area contributed by atoms with Crippen LogP contribution in [0, 0.1) is 0 Å². The summed E-state index contributed by atoms with van der Waals surface area (Å²) >= 11 is 0. The van der Waals surface area contributed by atoms with E-state index in [0.717, 1.165) is 5.56 Å². The van der Waals surface area contributed by atoms with Crippen LogP contribution in [0.3, 0.4) is 0 Å². The van der Waals surface area contributed by atoms with Crippen LogP contribution in [0.1, 0.15) is 35.7 Å². The summed E-state index contributed by atoms with van der Waals surface area (Å²) < 4.78 is 5.18. The molecule has 0 fully saturated rings. The fraction of sp³-hybridized carbons (Fsp3) is 0.211. The van der Waals surface area contributed by atoms with Crippen molar-refractivity contribution in [3.8, 4) is 5.75 Å². The quantitative estimate of drug-likeness (QED) is 0.493. The molecular weight excluding hydrogens is 306 g/mol. The summed E-state index contributed by atoms with van der Waals surface area (Å²) in [7, 11) is 0. The number of ether oxygens (including phenoxy) is 1. The van der Waals surface area contributed by atoms with Gasteiger partial charge in [0.15, 0.2) is 0 Å². The lowest BCUT2D eigenvalue weighted by molar-refractivity contribution is -0.134. The molecule has 0 N–H and O–H groups in total. The predicted molar refractivity (Wildman–Crippen MR) is 88.9 cm³/mol. The normalized spacial score (nSPS) is 13.6. The average molecular weight is 323 g/mol. The van der Waals surface area contributed by atoms with Crippen molar-refractivity contribution in [1.82, 2.24) is 0 Å². The van der Waals surface area contributed by atoms with Crippen LogP contribution in [-0.2, 0) is 16.0 Å². The molecule has 0 atom stereocenters. The molecule has 0 aliphatic carbocycles. The van der Waals surface area contributed by atoms with E-state index in [-0.39, 0.29) is 24.2 Å². The van der Waals surface area contributed by atoms with E-state index in [1.54, 1.807) is 42.5 Å². The maximum absolute atomic E-state index is 12.6.